The number of alkyl halides is 3. The predicted octanol–water partition coefficient (Wildman–Crippen LogP) is 5.83. The number of para-hydroxylation sites is 1. The maximum atomic E-state index is 13.0. The summed E-state index contributed by atoms with van der Waals surface area (Å²) in [5.41, 5.74) is -5.44. The van der Waals surface area contributed by atoms with Crippen molar-refractivity contribution in [3.05, 3.63) is 63.9 Å². The fourth-order valence-electron chi connectivity index (χ4n) is 8.03. The highest BCUT2D eigenvalue weighted by Crippen LogP contribution is 2.45. The number of pyridine rings is 1. The van der Waals surface area contributed by atoms with Gasteiger partial charge >= 0.3 is 27.7 Å². The van der Waals surface area contributed by atoms with E-state index in [2.05, 4.69) is 21.1 Å². The number of rotatable bonds is 4. The van der Waals surface area contributed by atoms with E-state index >= 15 is 0 Å². The largest absolute Gasteiger partial charge is 0.534 e. The molecule has 2 aliphatic carbocycles. The molecule has 2 saturated heterocycles. The molecule has 1 saturated carbocycles. The van der Waals surface area contributed by atoms with Crippen molar-refractivity contribution in [1.29, 1.82) is 0 Å². The van der Waals surface area contributed by atoms with Gasteiger partial charge in [-0.05, 0) is 76.6 Å². The van der Waals surface area contributed by atoms with Crippen molar-refractivity contribution in [3.8, 4) is 0 Å². The van der Waals surface area contributed by atoms with Gasteiger partial charge in [-0.3, -0.25) is 9.20 Å². The zero-order valence-corrected chi connectivity index (χ0v) is 30.9. The Balaban J connectivity index is 0.000000171. The first-order valence-corrected chi connectivity index (χ1v) is 19.4. The monoisotopic (exact) mass is 777 g/mol. The molecule has 3 fully saturated rings. The molecular weight excluding hydrogens is 740 g/mol. The number of likely N-dealkylation sites (tertiary alicyclic amines) is 2. The van der Waals surface area contributed by atoms with Crippen molar-refractivity contribution in [2.75, 3.05) is 33.2 Å². The molecule has 5 heterocycles. The quantitative estimate of drug-likeness (QED) is 0.196. The first-order chi connectivity index (χ1) is 24.8. The molecule has 13 nitrogen and oxygen atoms in total. The summed E-state index contributed by atoms with van der Waals surface area (Å²) in [7, 11) is -3.47. The molecule has 0 radical (unpaired) electrons. The van der Waals surface area contributed by atoms with E-state index in [9.17, 15) is 41.1 Å². The molecule has 8 rings (SSSR count). The summed E-state index contributed by atoms with van der Waals surface area (Å²) in [6.45, 7) is 7.99. The third-order valence-corrected chi connectivity index (χ3v) is 12.4. The number of halogens is 3. The molecule has 4 aromatic rings. The normalized spacial score (nSPS) is 24.6. The number of ether oxygens (including phenoxy) is 1. The molecule has 53 heavy (non-hydrogen) atoms. The SMILES string of the molecule is CC(C)(C)OC(=O)N1CC2C=C(OS(=O)(=O)C(F)(F)F)CC2C1.CN1CC2CC(c3ncc4c(=O)c(C(=O)O)c5sc6ccccc6n5c4n3)CC2C1. The Morgan fingerprint density at radius 2 is 1.70 bits per heavy atom. The van der Waals surface area contributed by atoms with Crippen LogP contribution < -0.4 is 5.43 Å². The van der Waals surface area contributed by atoms with E-state index in [1.165, 1.54) is 28.5 Å². The molecule has 0 spiro atoms. The van der Waals surface area contributed by atoms with Crippen LogP contribution in [-0.4, -0.2) is 94.1 Å². The Bertz CT molecular complexity index is 2320. The van der Waals surface area contributed by atoms with Crippen LogP contribution in [0, 0.1) is 23.7 Å². The lowest BCUT2D eigenvalue weighted by Crippen LogP contribution is -2.35. The van der Waals surface area contributed by atoms with Crippen LogP contribution in [0.2, 0.25) is 0 Å². The predicted molar refractivity (Wildman–Crippen MR) is 189 cm³/mol. The van der Waals surface area contributed by atoms with Crippen molar-refractivity contribution < 1.29 is 45.2 Å². The van der Waals surface area contributed by atoms with Gasteiger partial charge in [0.1, 0.15) is 27.6 Å². The van der Waals surface area contributed by atoms with E-state index in [-0.39, 0.29) is 54.0 Å². The van der Waals surface area contributed by atoms with E-state index in [0.717, 1.165) is 42.0 Å². The Morgan fingerprint density at radius 1 is 1.02 bits per heavy atom. The lowest BCUT2D eigenvalue weighted by molar-refractivity contribution is -0.0523. The highest BCUT2D eigenvalue weighted by atomic mass is 32.2. The van der Waals surface area contributed by atoms with Crippen LogP contribution in [0.1, 0.15) is 62.1 Å². The van der Waals surface area contributed by atoms with Gasteiger partial charge in [0.2, 0.25) is 5.43 Å². The van der Waals surface area contributed by atoms with Gasteiger partial charge in [0, 0.05) is 50.6 Å². The summed E-state index contributed by atoms with van der Waals surface area (Å²) in [6.07, 6.45) is 4.56. The van der Waals surface area contributed by atoms with Crippen LogP contribution in [0.5, 0.6) is 0 Å². The second-order valence-electron chi connectivity index (χ2n) is 15.2. The summed E-state index contributed by atoms with van der Waals surface area (Å²) in [5.74, 6) is 0.571. The highest BCUT2D eigenvalue weighted by molar-refractivity contribution is 7.87. The molecule has 0 bridgehead atoms. The number of hydrogen-bond donors (Lipinski definition) is 1. The van der Waals surface area contributed by atoms with Gasteiger partial charge in [0.15, 0.2) is 5.65 Å². The first kappa shape index (κ1) is 37.0. The van der Waals surface area contributed by atoms with Gasteiger partial charge in [-0.1, -0.05) is 12.1 Å². The minimum absolute atomic E-state index is 0.0409. The molecule has 3 aromatic heterocycles. The molecule has 4 aliphatic rings. The summed E-state index contributed by atoms with van der Waals surface area (Å²) >= 11 is 1.31. The maximum Gasteiger partial charge on any atom is 0.534 e. The molecule has 2 aliphatic heterocycles. The Morgan fingerprint density at radius 3 is 2.32 bits per heavy atom. The number of allylic oxidation sites excluding steroid dienone is 1. The summed E-state index contributed by atoms with van der Waals surface area (Å²) in [6, 6.07) is 7.70. The molecule has 1 amide bonds. The third-order valence-electron chi connectivity index (χ3n) is 10.2. The second kappa shape index (κ2) is 13.2. The van der Waals surface area contributed by atoms with E-state index in [1.807, 2.05) is 28.7 Å². The number of aromatic carboxylic acids is 1. The zero-order chi connectivity index (χ0) is 38.2. The number of carbonyl (C=O) groups excluding carboxylic acids is 1. The number of nitrogens with zero attached hydrogens (tertiary/aromatic N) is 5. The van der Waals surface area contributed by atoms with Crippen molar-refractivity contribution in [3.63, 3.8) is 0 Å². The Kier molecular flexibility index (Phi) is 9.25. The minimum Gasteiger partial charge on any atom is -0.477 e. The molecule has 4 unspecified atom stereocenters. The molecule has 18 heteroatoms. The number of carboxylic acid groups (broad SMARTS) is 1. The molecule has 4 atom stereocenters. The van der Waals surface area contributed by atoms with E-state index in [4.69, 9.17) is 9.72 Å². The molecular formula is C35H38F3N5O8S2. The standard InChI is InChI=1S/C22H20N4O3S.C13H18F3NO5S/c1-25-9-12-6-11(7-13(12)10-25)19-23-8-14-18(27)17(22(28)29)21-26(20(14)24-19)15-4-2-3-5-16(15)30-21;1-12(2,3)21-11(18)17-6-8-4-10(5-9(8)7-17)22-23(19,20)13(14,15)16/h2-5,8,11-13H,6-7,9-10H2,1H3,(H,28,29);4,8-9H,5-7H2,1-3H3. The highest BCUT2D eigenvalue weighted by Gasteiger charge is 2.50. The smallest absolute Gasteiger partial charge is 0.477 e. The minimum atomic E-state index is -5.64. The average molecular weight is 778 g/mol. The van der Waals surface area contributed by atoms with Crippen LogP contribution in [0.3, 0.4) is 0 Å². The second-order valence-corrected chi connectivity index (χ2v) is 17.8. The van der Waals surface area contributed by atoms with Crippen LogP contribution in [-0.2, 0) is 19.0 Å². The lowest BCUT2D eigenvalue weighted by atomic mass is 10.0. The average Bonchev–Trinajstić information content (AvgIpc) is 3.85. The number of hydrogen-bond acceptors (Lipinski definition) is 11. The molecule has 1 N–H and O–H groups in total. The number of benzene rings is 1. The third kappa shape index (κ3) is 7.07. The van der Waals surface area contributed by atoms with Gasteiger partial charge in [0.05, 0.1) is 15.6 Å². The number of amides is 1. The van der Waals surface area contributed by atoms with Gasteiger partial charge < -0.3 is 23.8 Å². The van der Waals surface area contributed by atoms with Crippen LogP contribution in [0.15, 0.2) is 47.1 Å². The number of fused-ring (bicyclic) bond motifs is 7. The van der Waals surface area contributed by atoms with Crippen LogP contribution >= 0.6 is 11.3 Å². The lowest BCUT2D eigenvalue weighted by Gasteiger charge is -2.24. The Hall–Kier alpha value is -4.29. The maximum absolute atomic E-state index is 13.0. The number of carbonyl (C=O) groups is 2. The topological polar surface area (TPSA) is 161 Å². The van der Waals surface area contributed by atoms with Crippen LogP contribution in [0.4, 0.5) is 18.0 Å². The van der Waals surface area contributed by atoms with E-state index in [1.54, 1.807) is 20.8 Å². The van der Waals surface area contributed by atoms with E-state index < -0.39 is 38.7 Å². The summed E-state index contributed by atoms with van der Waals surface area (Å²) in [5, 5.41) is 10.00. The fourth-order valence-corrected chi connectivity index (χ4v) is 9.71. The first-order valence-electron chi connectivity index (χ1n) is 17.1. The summed E-state index contributed by atoms with van der Waals surface area (Å²) in [4.78, 5) is 50.6. The van der Waals surface area contributed by atoms with Crippen molar-refractivity contribution in [2.24, 2.45) is 23.7 Å². The van der Waals surface area contributed by atoms with Gasteiger partial charge in [-0.2, -0.15) is 21.6 Å². The van der Waals surface area contributed by atoms with Crippen molar-refractivity contribution in [1.82, 2.24) is 24.2 Å². The van der Waals surface area contributed by atoms with Crippen molar-refractivity contribution >= 4 is 59.6 Å². The Labute approximate surface area is 306 Å². The summed E-state index contributed by atoms with van der Waals surface area (Å²) < 4.78 is 71.0. The molecule has 1 aromatic carbocycles. The van der Waals surface area contributed by atoms with Crippen molar-refractivity contribution in [2.45, 2.75) is 57.1 Å². The number of aromatic nitrogens is 3. The zero-order valence-electron chi connectivity index (χ0n) is 29.3. The van der Waals surface area contributed by atoms with Crippen LogP contribution in [0.25, 0.3) is 26.1 Å². The fraction of sp³-hybridized carbons (Fsp3) is 0.514. The van der Waals surface area contributed by atoms with Gasteiger partial charge in [0.25, 0.3) is 0 Å². The number of carboxylic acids is 1. The van der Waals surface area contributed by atoms with Gasteiger partial charge in [-0.15, -0.1) is 11.3 Å². The van der Waals surface area contributed by atoms with Gasteiger partial charge in [-0.25, -0.2) is 19.6 Å². The molecule has 284 valence electrons. The van der Waals surface area contributed by atoms with E-state index in [0.29, 0.717) is 22.3 Å². The number of thiazole rings is 1.